The monoisotopic (exact) mass is 321 g/mol. The number of hydrogen-bond acceptors (Lipinski definition) is 4. The molecule has 0 aliphatic heterocycles. The number of likely N-dealkylation sites (N-methyl/N-ethyl adjacent to an activating group) is 1. The molecule has 5 nitrogen and oxygen atoms in total. The summed E-state index contributed by atoms with van der Waals surface area (Å²) in [5.41, 5.74) is -0.782. The van der Waals surface area contributed by atoms with Gasteiger partial charge < -0.3 is 14.9 Å². The van der Waals surface area contributed by atoms with E-state index in [9.17, 15) is 23.1 Å². The van der Waals surface area contributed by atoms with Crippen LogP contribution in [0.3, 0.4) is 0 Å². The zero-order chi connectivity index (χ0) is 16.9. The van der Waals surface area contributed by atoms with Gasteiger partial charge in [0.2, 0.25) is 0 Å². The molecule has 2 N–H and O–H groups in total. The van der Waals surface area contributed by atoms with Gasteiger partial charge in [-0.1, -0.05) is 0 Å². The van der Waals surface area contributed by atoms with Gasteiger partial charge in [0.05, 0.1) is 5.56 Å². The topological polar surface area (TPSA) is 70.0 Å². The quantitative estimate of drug-likeness (QED) is 0.802. The minimum atomic E-state index is -4.41. The SMILES string of the molecule is CC(C(=O)O)N(C)CC(O)COc1ccc(C(F)(F)F)cc1. The average Bonchev–Trinajstić information content (AvgIpc) is 2.43. The smallest absolute Gasteiger partial charge is 0.416 e. The zero-order valence-electron chi connectivity index (χ0n) is 12.2. The third-order valence-electron chi connectivity index (χ3n) is 3.14. The van der Waals surface area contributed by atoms with Crippen LogP contribution in [0.15, 0.2) is 24.3 Å². The number of rotatable bonds is 7. The normalized spacial score (nSPS) is 14.7. The van der Waals surface area contributed by atoms with Crippen LogP contribution in [0.1, 0.15) is 12.5 Å². The molecule has 1 rings (SSSR count). The molecule has 0 aliphatic carbocycles. The van der Waals surface area contributed by atoms with E-state index in [-0.39, 0.29) is 18.9 Å². The Bertz CT molecular complexity index is 490. The second-order valence-corrected chi connectivity index (χ2v) is 4.94. The summed E-state index contributed by atoms with van der Waals surface area (Å²) >= 11 is 0. The summed E-state index contributed by atoms with van der Waals surface area (Å²) in [6.45, 7) is 1.39. The second-order valence-electron chi connectivity index (χ2n) is 4.94. The molecule has 0 amide bonds. The van der Waals surface area contributed by atoms with E-state index in [1.54, 1.807) is 7.05 Å². The van der Waals surface area contributed by atoms with Crippen LogP contribution < -0.4 is 4.74 Å². The molecule has 2 unspecified atom stereocenters. The number of ether oxygens (including phenoxy) is 1. The molecule has 0 heterocycles. The van der Waals surface area contributed by atoms with Crippen molar-refractivity contribution >= 4 is 5.97 Å². The lowest BCUT2D eigenvalue weighted by molar-refractivity contribution is -0.142. The molecule has 22 heavy (non-hydrogen) atoms. The first-order valence-electron chi connectivity index (χ1n) is 6.52. The minimum Gasteiger partial charge on any atom is -0.491 e. The Morgan fingerprint density at radius 1 is 1.32 bits per heavy atom. The van der Waals surface area contributed by atoms with Crippen molar-refractivity contribution in [2.24, 2.45) is 0 Å². The van der Waals surface area contributed by atoms with Crippen LogP contribution >= 0.6 is 0 Å². The fraction of sp³-hybridized carbons (Fsp3) is 0.500. The van der Waals surface area contributed by atoms with Crippen LogP contribution in [-0.4, -0.2) is 53.4 Å². The van der Waals surface area contributed by atoms with Crippen molar-refractivity contribution in [3.63, 3.8) is 0 Å². The van der Waals surface area contributed by atoms with Crippen LogP contribution in [0.4, 0.5) is 13.2 Å². The first-order chi connectivity index (χ1) is 10.1. The van der Waals surface area contributed by atoms with Gasteiger partial charge in [0.15, 0.2) is 0 Å². The van der Waals surface area contributed by atoms with E-state index in [1.807, 2.05) is 0 Å². The highest BCUT2D eigenvalue weighted by molar-refractivity contribution is 5.72. The predicted molar refractivity (Wildman–Crippen MR) is 72.7 cm³/mol. The molecular weight excluding hydrogens is 303 g/mol. The van der Waals surface area contributed by atoms with Gasteiger partial charge in [0.1, 0.15) is 24.5 Å². The van der Waals surface area contributed by atoms with E-state index in [1.165, 1.54) is 24.0 Å². The molecule has 124 valence electrons. The first kappa shape index (κ1) is 18.2. The van der Waals surface area contributed by atoms with Gasteiger partial charge in [-0.3, -0.25) is 9.69 Å². The lowest BCUT2D eigenvalue weighted by atomic mass is 10.2. The fourth-order valence-electron chi connectivity index (χ4n) is 1.66. The van der Waals surface area contributed by atoms with E-state index in [0.29, 0.717) is 0 Å². The average molecular weight is 321 g/mol. The molecule has 2 atom stereocenters. The van der Waals surface area contributed by atoms with Crippen molar-refractivity contribution < 1.29 is 32.9 Å². The molecule has 0 aliphatic rings. The highest BCUT2D eigenvalue weighted by Gasteiger charge is 2.30. The maximum absolute atomic E-state index is 12.4. The standard InChI is InChI=1S/C14H18F3NO4/c1-9(13(20)21)18(2)7-11(19)8-22-12-5-3-10(4-6-12)14(15,16)17/h3-6,9,11,19H,7-8H2,1-2H3,(H,20,21). The lowest BCUT2D eigenvalue weighted by Gasteiger charge is -2.24. The number of carboxylic acid groups (broad SMARTS) is 1. The van der Waals surface area contributed by atoms with Crippen LogP contribution in [0.5, 0.6) is 5.75 Å². The summed E-state index contributed by atoms with van der Waals surface area (Å²) in [6.07, 6.45) is -5.37. The van der Waals surface area contributed by atoms with Crippen LogP contribution in [-0.2, 0) is 11.0 Å². The molecule has 0 spiro atoms. The summed E-state index contributed by atoms with van der Waals surface area (Å²) in [5, 5.41) is 18.6. The number of aliphatic hydroxyl groups is 1. The van der Waals surface area contributed by atoms with Gasteiger partial charge in [-0.25, -0.2) is 0 Å². The molecule has 0 fully saturated rings. The van der Waals surface area contributed by atoms with Gasteiger partial charge in [-0.2, -0.15) is 13.2 Å². The Hall–Kier alpha value is -1.80. The first-order valence-corrected chi connectivity index (χ1v) is 6.52. The Labute approximate surface area is 125 Å². The Morgan fingerprint density at radius 3 is 2.32 bits per heavy atom. The van der Waals surface area contributed by atoms with Gasteiger partial charge >= 0.3 is 12.1 Å². The number of carboxylic acids is 1. The number of nitrogens with zero attached hydrogens (tertiary/aromatic N) is 1. The van der Waals surface area contributed by atoms with Crippen molar-refractivity contribution in [2.75, 3.05) is 20.2 Å². The summed E-state index contributed by atoms with van der Waals surface area (Å²) in [6, 6.07) is 3.35. The molecule has 1 aromatic carbocycles. The van der Waals surface area contributed by atoms with Crippen molar-refractivity contribution in [2.45, 2.75) is 25.2 Å². The molecular formula is C14H18F3NO4. The fourth-order valence-corrected chi connectivity index (χ4v) is 1.66. The second kappa shape index (κ2) is 7.46. The van der Waals surface area contributed by atoms with E-state index in [4.69, 9.17) is 9.84 Å². The van der Waals surface area contributed by atoms with Gasteiger partial charge in [0.25, 0.3) is 0 Å². The minimum absolute atomic E-state index is 0.0636. The molecule has 0 bridgehead atoms. The number of carbonyl (C=O) groups is 1. The van der Waals surface area contributed by atoms with E-state index >= 15 is 0 Å². The summed E-state index contributed by atoms with van der Waals surface area (Å²) in [4.78, 5) is 12.2. The third-order valence-corrected chi connectivity index (χ3v) is 3.14. The van der Waals surface area contributed by atoms with Gasteiger partial charge in [0, 0.05) is 6.54 Å². The summed E-state index contributed by atoms with van der Waals surface area (Å²) in [7, 11) is 1.54. The molecule has 8 heteroatoms. The molecule has 0 saturated carbocycles. The van der Waals surface area contributed by atoms with Crippen molar-refractivity contribution in [3.05, 3.63) is 29.8 Å². The van der Waals surface area contributed by atoms with E-state index in [0.717, 1.165) is 12.1 Å². The predicted octanol–water partition coefficient (Wildman–Crippen LogP) is 1.85. The number of alkyl halides is 3. The number of benzene rings is 1. The maximum atomic E-state index is 12.4. The zero-order valence-corrected chi connectivity index (χ0v) is 12.2. The molecule has 0 aromatic heterocycles. The van der Waals surface area contributed by atoms with Gasteiger partial charge in [-0.15, -0.1) is 0 Å². The number of halogens is 3. The molecule has 0 saturated heterocycles. The van der Waals surface area contributed by atoms with Gasteiger partial charge in [-0.05, 0) is 38.2 Å². The highest BCUT2D eigenvalue weighted by atomic mass is 19.4. The van der Waals surface area contributed by atoms with Crippen LogP contribution in [0, 0.1) is 0 Å². The summed E-state index contributed by atoms with van der Waals surface area (Å²) in [5.74, 6) is -0.820. The number of aliphatic carboxylic acids is 1. The van der Waals surface area contributed by atoms with E-state index in [2.05, 4.69) is 0 Å². The highest BCUT2D eigenvalue weighted by Crippen LogP contribution is 2.30. The van der Waals surface area contributed by atoms with Crippen molar-refractivity contribution in [1.82, 2.24) is 4.90 Å². The number of hydrogen-bond donors (Lipinski definition) is 2. The summed E-state index contributed by atoms with van der Waals surface area (Å²) < 4.78 is 42.3. The van der Waals surface area contributed by atoms with Crippen LogP contribution in [0.25, 0.3) is 0 Å². The maximum Gasteiger partial charge on any atom is 0.416 e. The molecule has 1 aromatic rings. The third kappa shape index (κ3) is 5.53. The Kier molecular flexibility index (Phi) is 6.19. The lowest BCUT2D eigenvalue weighted by Crippen LogP contribution is -2.42. The largest absolute Gasteiger partial charge is 0.491 e. The Morgan fingerprint density at radius 2 is 1.86 bits per heavy atom. The van der Waals surface area contributed by atoms with Crippen molar-refractivity contribution in [3.8, 4) is 5.75 Å². The van der Waals surface area contributed by atoms with E-state index < -0.39 is 29.9 Å². The Balaban J connectivity index is 2.47. The van der Waals surface area contributed by atoms with Crippen LogP contribution in [0.2, 0.25) is 0 Å². The van der Waals surface area contributed by atoms with Crippen molar-refractivity contribution in [1.29, 1.82) is 0 Å². The number of aliphatic hydroxyl groups excluding tert-OH is 1. The molecule has 0 radical (unpaired) electrons.